The van der Waals surface area contributed by atoms with Crippen molar-refractivity contribution in [1.82, 2.24) is 5.32 Å². The molecule has 1 aromatic rings. The molecule has 1 atom stereocenters. The van der Waals surface area contributed by atoms with Crippen molar-refractivity contribution in [2.24, 2.45) is 0 Å². The molecule has 1 heterocycles. The second-order valence-electron chi connectivity index (χ2n) is 3.04. The Morgan fingerprint density at radius 3 is 2.79 bits per heavy atom. The number of ether oxygens (including phenoxy) is 1. The van der Waals surface area contributed by atoms with Gasteiger partial charge in [0.2, 0.25) is 0 Å². The summed E-state index contributed by atoms with van der Waals surface area (Å²) in [7, 11) is 0. The summed E-state index contributed by atoms with van der Waals surface area (Å²) in [5.41, 5.74) is 0.536. The Balaban J connectivity index is 2.28. The number of nitrogens with one attached hydrogen (secondary N) is 1. The normalized spacial score (nSPS) is 20.3. The van der Waals surface area contributed by atoms with Crippen LogP contribution >= 0.6 is 0 Å². The van der Waals surface area contributed by atoms with Crippen LogP contribution in [-0.2, 0) is 4.74 Å². The molecule has 1 amide bonds. The van der Waals surface area contributed by atoms with E-state index in [1.807, 2.05) is 0 Å². The zero-order valence-electron chi connectivity index (χ0n) is 7.23. The SMILES string of the molecule is O=C1N[C@@H](c2ccc(O)cc2O)CO1. The lowest BCUT2D eigenvalue weighted by molar-refractivity contribution is 0.176. The second-order valence-corrected chi connectivity index (χ2v) is 3.04. The van der Waals surface area contributed by atoms with E-state index in [-0.39, 0.29) is 24.1 Å². The van der Waals surface area contributed by atoms with Gasteiger partial charge in [0, 0.05) is 11.6 Å². The van der Waals surface area contributed by atoms with E-state index in [1.165, 1.54) is 12.1 Å². The van der Waals surface area contributed by atoms with Crippen LogP contribution in [0, 0.1) is 0 Å². The number of hydrogen-bond acceptors (Lipinski definition) is 4. The molecule has 1 aliphatic heterocycles. The van der Waals surface area contributed by atoms with Gasteiger partial charge in [-0.05, 0) is 12.1 Å². The van der Waals surface area contributed by atoms with Crippen molar-refractivity contribution in [2.75, 3.05) is 6.61 Å². The van der Waals surface area contributed by atoms with E-state index in [2.05, 4.69) is 10.1 Å². The fraction of sp³-hybridized carbons (Fsp3) is 0.222. The van der Waals surface area contributed by atoms with Crippen LogP contribution in [0.25, 0.3) is 0 Å². The standard InChI is InChI=1S/C9H9NO4/c11-5-1-2-6(8(12)3-5)7-4-14-9(13)10-7/h1-3,7,11-12H,4H2,(H,10,13)/t7-/m1/s1. The molecule has 0 spiro atoms. The van der Waals surface area contributed by atoms with Gasteiger partial charge in [0.15, 0.2) is 0 Å². The van der Waals surface area contributed by atoms with Crippen molar-refractivity contribution >= 4 is 6.09 Å². The number of benzene rings is 1. The van der Waals surface area contributed by atoms with E-state index in [0.29, 0.717) is 5.56 Å². The third-order valence-electron chi connectivity index (χ3n) is 2.06. The molecule has 5 nitrogen and oxygen atoms in total. The van der Waals surface area contributed by atoms with Gasteiger partial charge in [0.1, 0.15) is 18.1 Å². The van der Waals surface area contributed by atoms with Crippen LogP contribution in [0.1, 0.15) is 11.6 Å². The van der Waals surface area contributed by atoms with Crippen LogP contribution in [0.4, 0.5) is 4.79 Å². The van der Waals surface area contributed by atoms with Gasteiger partial charge in [0.05, 0.1) is 6.04 Å². The number of phenols is 2. The Morgan fingerprint density at radius 1 is 1.43 bits per heavy atom. The first-order chi connectivity index (χ1) is 6.66. The van der Waals surface area contributed by atoms with Crippen molar-refractivity contribution in [1.29, 1.82) is 0 Å². The lowest BCUT2D eigenvalue weighted by Crippen LogP contribution is -2.18. The van der Waals surface area contributed by atoms with Gasteiger partial charge >= 0.3 is 6.09 Å². The minimum Gasteiger partial charge on any atom is -0.508 e. The Kier molecular flexibility index (Phi) is 1.92. The summed E-state index contributed by atoms with van der Waals surface area (Å²) in [6, 6.07) is 3.87. The molecule has 0 aromatic heterocycles. The Hall–Kier alpha value is -1.91. The van der Waals surface area contributed by atoms with Crippen LogP contribution in [-0.4, -0.2) is 22.9 Å². The maximum atomic E-state index is 10.7. The van der Waals surface area contributed by atoms with Gasteiger partial charge < -0.3 is 20.3 Å². The zero-order valence-corrected chi connectivity index (χ0v) is 7.23. The molecule has 0 aliphatic carbocycles. The smallest absolute Gasteiger partial charge is 0.407 e. The molecule has 1 aromatic carbocycles. The third-order valence-corrected chi connectivity index (χ3v) is 2.06. The number of amides is 1. The number of rotatable bonds is 1. The predicted molar refractivity (Wildman–Crippen MR) is 47.0 cm³/mol. The maximum absolute atomic E-state index is 10.7. The van der Waals surface area contributed by atoms with E-state index >= 15 is 0 Å². The zero-order chi connectivity index (χ0) is 10.1. The van der Waals surface area contributed by atoms with Gasteiger partial charge in [-0.3, -0.25) is 0 Å². The first kappa shape index (κ1) is 8.68. The molecule has 2 rings (SSSR count). The molecular weight excluding hydrogens is 186 g/mol. The summed E-state index contributed by atoms with van der Waals surface area (Å²) >= 11 is 0. The highest BCUT2D eigenvalue weighted by Gasteiger charge is 2.25. The van der Waals surface area contributed by atoms with E-state index < -0.39 is 6.09 Å². The molecular formula is C9H9NO4. The monoisotopic (exact) mass is 195 g/mol. The molecule has 0 unspecified atom stereocenters. The Labute approximate surface area is 79.9 Å². The number of alkyl carbamates (subject to hydrolysis) is 1. The summed E-state index contributed by atoms with van der Waals surface area (Å²) in [6.45, 7) is 0.192. The Morgan fingerprint density at radius 2 is 2.21 bits per heavy atom. The lowest BCUT2D eigenvalue weighted by atomic mass is 10.1. The van der Waals surface area contributed by atoms with Crippen molar-refractivity contribution in [3.05, 3.63) is 23.8 Å². The number of carbonyl (C=O) groups is 1. The average molecular weight is 195 g/mol. The highest BCUT2D eigenvalue weighted by molar-refractivity contribution is 5.70. The average Bonchev–Trinajstić information content (AvgIpc) is 2.51. The fourth-order valence-electron chi connectivity index (χ4n) is 1.38. The first-order valence-electron chi connectivity index (χ1n) is 4.12. The van der Waals surface area contributed by atoms with Crippen molar-refractivity contribution in [3.63, 3.8) is 0 Å². The van der Waals surface area contributed by atoms with Gasteiger partial charge in [-0.1, -0.05) is 0 Å². The molecule has 1 fully saturated rings. The molecule has 3 N–H and O–H groups in total. The minimum atomic E-state index is -0.498. The molecule has 0 bridgehead atoms. The molecule has 1 aliphatic rings. The minimum absolute atomic E-state index is 0.0171. The van der Waals surface area contributed by atoms with E-state index in [0.717, 1.165) is 0 Å². The van der Waals surface area contributed by atoms with Crippen molar-refractivity contribution in [3.8, 4) is 11.5 Å². The third kappa shape index (κ3) is 1.44. The largest absolute Gasteiger partial charge is 0.508 e. The van der Waals surface area contributed by atoms with E-state index in [1.54, 1.807) is 6.07 Å². The van der Waals surface area contributed by atoms with Crippen molar-refractivity contribution < 1.29 is 19.7 Å². The van der Waals surface area contributed by atoms with Crippen LogP contribution in [0.15, 0.2) is 18.2 Å². The topological polar surface area (TPSA) is 78.8 Å². The molecule has 0 saturated carbocycles. The molecule has 1 saturated heterocycles. The van der Waals surface area contributed by atoms with Crippen LogP contribution in [0.3, 0.4) is 0 Å². The lowest BCUT2D eigenvalue weighted by Gasteiger charge is -2.09. The number of hydrogen-bond donors (Lipinski definition) is 3. The summed E-state index contributed by atoms with van der Waals surface area (Å²) in [5.74, 6) is -0.0720. The number of carbonyl (C=O) groups excluding carboxylic acids is 1. The molecule has 74 valence electrons. The summed E-state index contributed by atoms with van der Waals surface area (Å²) in [4.78, 5) is 10.7. The second kappa shape index (κ2) is 3.10. The van der Waals surface area contributed by atoms with Gasteiger partial charge in [-0.25, -0.2) is 4.79 Å². The molecule has 14 heavy (non-hydrogen) atoms. The summed E-state index contributed by atoms with van der Waals surface area (Å²) in [5, 5.41) is 21.1. The van der Waals surface area contributed by atoms with Crippen LogP contribution in [0.2, 0.25) is 0 Å². The van der Waals surface area contributed by atoms with E-state index in [4.69, 9.17) is 5.11 Å². The highest BCUT2D eigenvalue weighted by atomic mass is 16.6. The van der Waals surface area contributed by atoms with Gasteiger partial charge in [-0.15, -0.1) is 0 Å². The van der Waals surface area contributed by atoms with E-state index in [9.17, 15) is 9.90 Å². The number of phenolic OH excluding ortho intramolecular Hbond substituents is 2. The maximum Gasteiger partial charge on any atom is 0.407 e. The summed E-state index contributed by atoms with van der Waals surface area (Å²) < 4.78 is 4.68. The van der Waals surface area contributed by atoms with Crippen molar-refractivity contribution in [2.45, 2.75) is 6.04 Å². The molecule has 0 radical (unpaired) electrons. The Bertz CT molecular complexity index is 377. The molecule has 5 heteroatoms. The van der Waals surface area contributed by atoms with Gasteiger partial charge in [0.25, 0.3) is 0 Å². The fourth-order valence-corrected chi connectivity index (χ4v) is 1.38. The quantitative estimate of drug-likeness (QED) is 0.621. The van der Waals surface area contributed by atoms with Crippen LogP contribution < -0.4 is 5.32 Å². The number of cyclic esters (lactones) is 1. The predicted octanol–water partition coefficient (Wildman–Crippen LogP) is 0.879. The van der Waals surface area contributed by atoms with Gasteiger partial charge in [-0.2, -0.15) is 0 Å². The van der Waals surface area contributed by atoms with Crippen LogP contribution in [0.5, 0.6) is 11.5 Å². The number of aromatic hydroxyl groups is 2. The summed E-state index contributed by atoms with van der Waals surface area (Å²) in [6.07, 6.45) is -0.498. The highest BCUT2D eigenvalue weighted by Crippen LogP contribution is 2.29. The first-order valence-corrected chi connectivity index (χ1v) is 4.12.